The fourth-order valence-electron chi connectivity index (χ4n) is 8.67. The topological polar surface area (TPSA) is 0 Å². The minimum Gasteiger partial charge on any atom is -0.171 e. The molecule has 0 amide bonds. The molecule has 0 saturated heterocycles. The van der Waals surface area contributed by atoms with E-state index in [1.165, 1.54) is 91.0 Å². The van der Waals surface area contributed by atoms with E-state index in [0.717, 1.165) is 20.8 Å². The first-order valence-electron chi connectivity index (χ1n) is 36.8. The van der Waals surface area contributed by atoms with Gasteiger partial charge in [0.15, 0.2) is 0 Å². The van der Waals surface area contributed by atoms with Crippen LogP contribution in [0.3, 0.4) is 0 Å². The van der Waals surface area contributed by atoms with Crippen molar-refractivity contribution in [3.63, 3.8) is 0 Å². The molecule has 0 bridgehead atoms. The van der Waals surface area contributed by atoms with Crippen molar-refractivity contribution in [1.29, 1.82) is 0 Å². The summed E-state index contributed by atoms with van der Waals surface area (Å²) in [6.45, 7) is 63.0. The smallest absolute Gasteiger partial charge is 0.171 e. The summed E-state index contributed by atoms with van der Waals surface area (Å²) >= 11 is 0. The molecule has 0 heterocycles. The minimum absolute atomic E-state index is 0.0903. The van der Waals surface area contributed by atoms with E-state index < -0.39 is 78.8 Å². The molecule has 1 aromatic carbocycles. The van der Waals surface area contributed by atoms with Gasteiger partial charge in [-0.15, -0.1) is 0 Å². The van der Waals surface area contributed by atoms with E-state index in [9.17, 15) is 13.2 Å². The highest BCUT2D eigenvalue weighted by Crippen LogP contribution is 2.51. The maximum Gasteiger partial charge on any atom is 0.393 e. The fraction of sp³-hybridized carbons (Fsp3) is 0.917. The lowest BCUT2D eigenvalue weighted by molar-refractivity contribution is -0.220. The van der Waals surface area contributed by atoms with Crippen molar-refractivity contribution in [3.05, 3.63) is 35.9 Å². The van der Waals surface area contributed by atoms with Crippen molar-refractivity contribution >= 4 is 0 Å². The van der Waals surface area contributed by atoms with Gasteiger partial charge in [0, 0.05) is 21.9 Å². The van der Waals surface area contributed by atoms with Gasteiger partial charge in [-0.3, -0.25) is 0 Å². The maximum absolute atomic E-state index is 12.6. The van der Waals surface area contributed by atoms with Crippen molar-refractivity contribution in [1.82, 2.24) is 0 Å². The lowest BCUT2D eigenvalue weighted by atomic mass is 9.61. The molecular formula is C72H145F3. The highest BCUT2D eigenvalue weighted by molar-refractivity contribution is 5.22. The standard InChI is InChI=1S/C11H22.C10H20.C10H14.C9H17F3.C9H20.2C8H18.C7H16/c1-10(2,3)11(4)8-6-5-7-9-11;1-9(2,3)10(4)7-5-6-8-10;1-10(2,3)9-7-5-4-6-8-9;1-7(2,3)6-8(4,5)9(10,11)12;1-8(2,3)7-9(4,5)6;1-7(2)6-8(3,4)5;1-6-7(2)8(3,4)5;1-5-6-7(2,3)4/h5-9H2,1-4H3;5-8H2,1-4H3;4-8H,1-3H3;6H2,1-5H3;7H2,1-6H3;2*7H,6H2,1-5H3;5-6H2,1-4H3/i;;;6D2;7D2;6D2;2D3,6D2,7D;5D2,6D2. The third kappa shape index (κ3) is 47.5. The Hall–Kier alpha value is -0.990. The van der Waals surface area contributed by atoms with E-state index in [4.69, 9.17) is 21.9 Å². The zero-order chi connectivity index (χ0) is 75.6. The van der Waals surface area contributed by atoms with Gasteiger partial charge >= 0.3 is 6.18 Å². The average molecular weight is 1080 g/mol. The summed E-state index contributed by atoms with van der Waals surface area (Å²) in [5.41, 5.74) is -1.87. The van der Waals surface area contributed by atoms with E-state index in [0.29, 0.717) is 27.1 Å². The van der Waals surface area contributed by atoms with E-state index in [1.54, 1.807) is 41.5 Å². The third-order valence-corrected chi connectivity index (χ3v) is 13.3. The number of hydrogen-bond donors (Lipinski definition) is 0. The van der Waals surface area contributed by atoms with Gasteiger partial charge in [-0.25, -0.2) is 0 Å². The molecule has 75 heavy (non-hydrogen) atoms. The van der Waals surface area contributed by atoms with Crippen LogP contribution in [0.15, 0.2) is 30.3 Å². The predicted octanol–water partition coefficient (Wildman–Crippen LogP) is 27.1. The second-order valence-corrected chi connectivity index (χ2v) is 32.2. The summed E-state index contributed by atoms with van der Waals surface area (Å²) in [5.74, 6) is -2.01. The number of benzene rings is 1. The first-order chi connectivity index (χ1) is 38.7. The molecule has 0 aliphatic heterocycles. The molecule has 3 heteroatoms. The summed E-state index contributed by atoms with van der Waals surface area (Å²) in [6.07, 6.45) is -1.65. The second kappa shape index (κ2) is 33.7. The van der Waals surface area contributed by atoms with Gasteiger partial charge in [0.1, 0.15) is 0 Å². The lowest BCUT2D eigenvalue weighted by Crippen LogP contribution is -2.35. The van der Waals surface area contributed by atoms with Gasteiger partial charge < -0.3 is 0 Å². The number of hydrogen-bond acceptors (Lipinski definition) is 0. The second-order valence-electron chi connectivity index (χ2n) is 32.2. The first kappa shape index (κ1) is 54.6. The van der Waals surface area contributed by atoms with Crippen LogP contribution in [-0.2, 0) is 5.41 Å². The SMILES string of the molecule is CC(C)(C)C1(C)CCCC1.CC(C)(C)C1(C)CCCCC1.CC(C)(C)c1ccccc1.[2H]C([2H])(C(C)(C)C)C(C)(C)C.[2H]C([2H])(C(C)(C)C)C(C)(C)C(F)(F)F.[2H]C([2H])(C(C)C)C(C)(C)C.[2H]C([2H])(C)C([2H])([2H])C(C)(C)C.[2H]C([2H])([2H])C([2H])(C([2H])([2H])C)C(C)(C)C. The van der Waals surface area contributed by atoms with Gasteiger partial charge in [-0.1, -0.05) is 324 Å². The van der Waals surface area contributed by atoms with E-state index in [1.807, 2.05) is 76.2 Å². The molecule has 2 saturated carbocycles. The summed E-state index contributed by atoms with van der Waals surface area (Å²) < 4.78 is 159. The van der Waals surface area contributed by atoms with Crippen molar-refractivity contribution in [2.75, 3.05) is 0 Å². The van der Waals surface area contributed by atoms with E-state index >= 15 is 0 Å². The molecule has 2 aliphatic rings. The van der Waals surface area contributed by atoms with Crippen LogP contribution in [0.2, 0.25) is 0 Å². The van der Waals surface area contributed by atoms with E-state index in [2.05, 4.69) is 106 Å². The Morgan fingerprint density at radius 2 is 0.840 bits per heavy atom. The summed E-state index contributed by atoms with van der Waals surface area (Å²) in [5, 5.41) is 0. The van der Waals surface area contributed by atoms with Gasteiger partial charge in [0.2, 0.25) is 0 Å². The summed E-state index contributed by atoms with van der Waals surface area (Å²) in [7, 11) is 0. The predicted molar refractivity (Wildman–Crippen MR) is 341 cm³/mol. The van der Waals surface area contributed by atoms with Crippen LogP contribution in [0.1, 0.15) is 373 Å². The van der Waals surface area contributed by atoms with Gasteiger partial charge in [-0.05, 0) is 128 Å². The molecule has 1 unspecified atom stereocenters. The quantitative estimate of drug-likeness (QED) is 0.282. The normalized spacial score (nSPS) is 21.7. The Bertz CT molecular complexity index is 2030. The minimum atomic E-state index is -4.54. The molecule has 0 aromatic heterocycles. The van der Waals surface area contributed by atoms with Crippen molar-refractivity contribution < 1.29 is 35.1 Å². The molecular weight excluding hydrogens is 922 g/mol. The Morgan fingerprint density at radius 3 is 0.947 bits per heavy atom. The number of rotatable bonds is 4. The van der Waals surface area contributed by atoms with Crippen molar-refractivity contribution in [2.24, 2.45) is 71.4 Å². The average Bonchev–Trinajstić information content (AvgIpc) is 1.21. The van der Waals surface area contributed by atoms with Crippen LogP contribution in [-0.4, -0.2) is 6.18 Å². The van der Waals surface area contributed by atoms with E-state index in [-0.39, 0.29) is 22.2 Å². The molecule has 0 spiro atoms. The molecule has 0 nitrogen and oxygen atoms in total. The molecule has 1 aromatic rings. The van der Waals surface area contributed by atoms with Crippen LogP contribution >= 0.6 is 0 Å². The van der Waals surface area contributed by atoms with Crippen LogP contribution in [0.25, 0.3) is 0 Å². The van der Waals surface area contributed by atoms with Crippen LogP contribution < -0.4 is 0 Å². The Labute approximate surface area is 498 Å². The molecule has 454 valence electrons. The maximum atomic E-state index is 12.6. The Balaban J connectivity index is -0.000000311. The Kier molecular flexibility index (Phi) is 24.5. The zero-order valence-corrected chi connectivity index (χ0v) is 57.0. The molecule has 2 fully saturated rings. The highest BCUT2D eigenvalue weighted by atomic mass is 19.4. The molecule has 3 rings (SSSR count). The molecule has 0 radical (unpaired) electrons. The fourth-order valence-corrected chi connectivity index (χ4v) is 8.67. The van der Waals surface area contributed by atoms with Crippen LogP contribution in [0, 0.1) is 71.4 Å². The molecule has 1 atom stereocenters. The Morgan fingerprint density at radius 1 is 0.507 bits per heavy atom. The molecule has 0 N–H and O–H groups in total. The number of alkyl halides is 3. The van der Waals surface area contributed by atoms with Crippen LogP contribution in [0.5, 0.6) is 0 Å². The summed E-state index contributed by atoms with van der Waals surface area (Å²) in [6, 6.07) is 10.6. The lowest BCUT2D eigenvalue weighted by Gasteiger charge is -2.45. The van der Waals surface area contributed by atoms with Gasteiger partial charge in [-0.2, -0.15) is 13.2 Å². The van der Waals surface area contributed by atoms with Gasteiger partial charge in [0.25, 0.3) is 0 Å². The third-order valence-electron chi connectivity index (χ3n) is 13.3. The molecule has 2 aliphatic carbocycles. The van der Waals surface area contributed by atoms with Crippen LogP contribution in [0.4, 0.5) is 13.2 Å². The van der Waals surface area contributed by atoms with Crippen molar-refractivity contribution in [2.45, 2.75) is 357 Å². The first-order valence-corrected chi connectivity index (χ1v) is 28.8. The highest BCUT2D eigenvalue weighted by Gasteiger charge is 2.48. The largest absolute Gasteiger partial charge is 0.393 e. The zero-order valence-electron chi connectivity index (χ0n) is 73.0. The number of halogens is 3. The van der Waals surface area contributed by atoms with Crippen molar-refractivity contribution in [3.8, 4) is 0 Å². The summed E-state index contributed by atoms with van der Waals surface area (Å²) in [4.78, 5) is 0. The monoisotopic (exact) mass is 1080 g/mol. The van der Waals surface area contributed by atoms with Gasteiger partial charge in [0.05, 0.1) is 5.41 Å².